The summed E-state index contributed by atoms with van der Waals surface area (Å²) in [5, 5.41) is 2.64. The van der Waals surface area contributed by atoms with Gasteiger partial charge < -0.3 is 15.0 Å². The fourth-order valence-corrected chi connectivity index (χ4v) is 3.60. The zero-order valence-corrected chi connectivity index (χ0v) is 17.5. The molecule has 1 fully saturated rings. The third kappa shape index (κ3) is 5.45. The summed E-state index contributed by atoms with van der Waals surface area (Å²) < 4.78 is 20.2. The van der Waals surface area contributed by atoms with Crippen LogP contribution in [-0.2, 0) is 4.79 Å². The highest BCUT2D eigenvalue weighted by molar-refractivity contribution is 9.10. The number of halogens is 2. The summed E-state index contributed by atoms with van der Waals surface area (Å²) in [7, 11) is 0. The van der Waals surface area contributed by atoms with Gasteiger partial charge in [-0.1, -0.05) is 28.1 Å². The first-order valence-corrected chi connectivity index (χ1v) is 10.3. The Hall–Kier alpha value is -2.12. The van der Waals surface area contributed by atoms with Crippen LogP contribution in [0.3, 0.4) is 0 Å². The zero-order chi connectivity index (χ0) is 19.9. The molecule has 1 N–H and O–H groups in total. The Bertz CT molecular complexity index is 810. The van der Waals surface area contributed by atoms with Crippen molar-refractivity contribution in [1.82, 2.24) is 4.90 Å². The molecule has 0 aliphatic carbocycles. The molecule has 150 valence electrons. The molecule has 28 heavy (non-hydrogen) atoms. The second kappa shape index (κ2) is 9.89. The maximum Gasteiger partial charge on any atom is 0.225 e. The molecule has 0 unspecified atom stereocenters. The average molecular weight is 450 g/mol. The smallest absolute Gasteiger partial charge is 0.225 e. The third-order valence-corrected chi connectivity index (χ3v) is 5.23. The molecule has 0 spiro atoms. The molecular formula is C21H25BrFN3O2. The number of amides is 1. The summed E-state index contributed by atoms with van der Waals surface area (Å²) in [4.78, 5) is 16.7. The number of para-hydroxylation sites is 2. The number of carbonyl (C=O) groups is 1. The van der Waals surface area contributed by atoms with Gasteiger partial charge in [-0.25, -0.2) is 4.39 Å². The molecule has 3 rings (SSSR count). The van der Waals surface area contributed by atoms with Crippen molar-refractivity contribution in [1.29, 1.82) is 0 Å². The van der Waals surface area contributed by atoms with Crippen molar-refractivity contribution in [3.8, 4) is 5.75 Å². The lowest BCUT2D eigenvalue weighted by molar-refractivity contribution is -0.116. The minimum absolute atomic E-state index is 0.176. The monoisotopic (exact) mass is 449 g/mol. The lowest BCUT2D eigenvalue weighted by Crippen LogP contribution is -2.47. The van der Waals surface area contributed by atoms with Crippen molar-refractivity contribution in [2.75, 3.05) is 49.5 Å². The quantitative estimate of drug-likeness (QED) is 0.689. The Labute approximate surface area is 173 Å². The van der Waals surface area contributed by atoms with Crippen LogP contribution >= 0.6 is 15.9 Å². The van der Waals surface area contributed by atoms with Gasteiger partial charge in [-0.15, -0.1) is 0 Å². The normalized spacial score (nSPS) is 14.8. The number of benzene rings is 2. The number of ether oxygens (including phenoxy) is 1. The minimum atomic E-state index is -0.440. The Morgan fingerprint density at radius 3 is 2.64 bits per heavy atom. The maximum atomic E-state index is 13.8. The van der Waals surface area contributed by atoms with E-state index in [0.717, 1.165) is 37.6 Å². The van der Waals surface area contributed by atoms with Crippen LogP contribution in [-0.4, -0.2) is 50.1 Å². The molecule has 0 bridgehead atoms. The Morgan fingerprint density at radius 2 is 1.93 bits per heavy atom. The first kappa shape index (κ1) is 20.6. The van der Waals surface area contributed by atoms with E-state index in [-0.39, 0.29) is 11.6 Å². The summed E-state index contributed by atoms with van der Waals surface area (Å²) in [5.74, 6) is 0.295. The number of carbonyl (C=O) groups excluding carboxylic acids is 1. The second-order valence-corrected chi connectivity index (χ2v) is 7.57. The van der Waals surface area contributed by atoms with Crippen LogP contribution in [0, 0.1) is 5.82 Å². The number of anilines is 2. The van der Waals surface area contributed by atoms with Gasteiger partial charge in [0.05, 0.1) is 18.0 Å². The number of piperazine rings is 1. The summed E-state index contributed by atoms with van der Waals surface area (Å²) in [5.41, 5.74) is 1.33. The standard InChI is InChI=1S/C21H25BrFN3O2/c1-2-28-20-6-4-3-5-19(20)26-13-11-25(12-14-26)10-9-21(27)24-18-8-7-16(22)15-17(18)23/h3-8,15H,2,9-14H2,1H3,(H,24,27). The van der Waals surface area contributed by atoms with Gasteiger partial charge >= 0.3 is 0 Å². The van der Waals surface area contributed by atoms with Crippen molar-refractivity contribution >= 4 is 33.2 Å². The molecule has 1 aliphatic rings. The number of hydrogen-bond donors (Lipinski definition) is 1. The van der Waals surface area contributed by atoms with Gasteiger partial charge in [0, 0.05) is 43.6 Å². The molecule has 0 aromatic heterocycles. The third-order valence-electron chi connectivity index (χ3n) is 4.74. The van der Waals surface area contributed by atoms with E-state index in [9.17, 15) is 9.18 Å². The largest absolute Gasteiger partial charge is 0.492 e. The van der Waals surface area contributed by atoms with Crippen LogP contribution in [0.15, 0.2) is 46.9 Å². The highest BCUT2D eigenvalue weighted by Gasteiger charge is 2.20. The van der Waals surface area contributed by atoms with E-state index in [1.807, 2.05) is 25.1 Å². The fourth-order valence-electron chi connectivity index (χ4n) is 3.27. The van der Waals surface area contributed by atoms with Gasteiger partial charge in [0.1, 0.15) is 11.6 Å². The number of rotatable bonds is 7. The van der Waals surface area contributed by atoms with Crippen LogP contribution in [0.5, 0.6) is 5.75 Å². The van der Waals surface area contributed by atoms with Gasteiger partial charge in [-0.2, -0.15) is 0 Å². The maximum absolute atomic E-state index is 13.8. The van der Waals surface area contributed by atoms with E-state index in [1.54, 1.807) is 12.1 Å². The highest BCUT2D eigenvalue weighted by atomic mass is 79.9. The van der Waals surface area contributed by atoms with Crippen molar-refractivity contribution in [2.24, 2.45) is 0 Å². The molecule has 0 atom stereocenters. The fraction of sp³-hybridized carbons (Fsp3) is 0.381. The lowest BCUT2D eigenvalue weighted by Gasteiger charge is -2.36. The summed E-state index contributed by atoms with van der Waals surface area (Å²) in [6.45, 7) is 6.80. The summed E-state index contributed by atoms with van der Waals surface area (Å²) in [6, 6.07) is 12.7. The zero-order valence-electron chi connectivity index (χ0n) is 16.0. The molecule has 0 radical (unpaired) electrons. The van der Waals surface area contributed by atoms with E-state index in [1.165, 1.54) is 6.07 Å². The van der Waals surface area contributed by atoms with E-state index in [4.69, 9.17) is 4.74 Å². The first-order valence-electron chi connectivity index (χ1n) is 9.51. The number of nitrogens with zero attached hydrogens (tertiary/aromatic N) is 2. The van der Waals surface area contributed by atoms with E-state index >= 15 is 0 Å². The summed E-state index contributed by atoms with van der Waals surface area (Å²) in [6.07, 6.45) is 0.338. The molecule has 1 aliphatic heterocycles. The molecule has 2 aromatic rings. The topological polar surface area (TPSA) is 44.8 Å². The van der Waals surface area contributed by atoms with Crippen molar-refractivity contribution in [3.05, 3.63) is 52.8 Å². The van der Waals surface area contributed by atoms with Gasteiger partial charge in [0.15, 0.2) is 0 Å². The lowest BCUT2D eigenvalue weighted by atomic mass is 10.2. The van der Waals surface area contributed by atoms with E-state index in [2.05, 4.69) is 37.1 Å². The van der Waals surface area contributed by atoms with Crippen molar-refractivity contribution in [2.45, 2.75) is 13.3 Å². The molecule has 7 heteroatoms. The highest BCUT2D eigenvalue weighted by Crippen LogP contribution is 2.28. The Balaban J connectivity index is 1.46. The van der Waals surface area contributed by atoms with Gasteiger partial charge in [0.25, 0.3) is 0 Å². The summed E-state index contributed by atoms with van der Waals surface area (Å²) >= 11 is 3.21. The predicted molar refractivity (Wildman–Crippen MR) is 114 cm³/mol. The number of hydrogen-bond acceptors (Lipinski definition) is 4. The van der Waals surface area contributed by atoms with Gasteiger partial charge in [-0.05, 0) is 37.3 Å². The van der Waals surface area contributed by atoms with Crippen LogP contribution < -0.4 is 15.0 Å². The molecular weight excluding hydrogens is 425 g/mol. The molecule has 1 amide bonds. The Kier molecular flexibility index (Phi) is 7.28. The van der Waals surface area contributed by atoms with Crippen molar-refractivity contribution in [3.63, 3.8) is 0 Å². The average Bonchev–Trinajstić information content (AvgIpc) is 2.70. The minimum Gasteiger partial charge on any atom is -0.492 e. The molecule has 0 saturated carbocycles. The van der Waals surface area contributed by atoms with E-state index in [0.29, 0.717) is 24.0 Å². The molecule has 1 saturated heterocycles. The van der Waals surface area contributed by atoms with E-state index < -0.39 is 5.82 Å². The van der Waals surface area contributed by atoms with Crippen molar-refractivity contribution < 1.29 is 13.9 Å². The second-order valence-electron chi connectivity index (χ2n) is 6.65. The van der Waals surface area contributed by atoms with Crippen LogP contribution in [0.1, 0.15) is 13.3 Å². The molecule has 1 heterocycles. The Morgan fingerprint density at radius 1 is 1.18 bits per heavy atom. The molecule has 2 aromatic carbocycles. The molecule has 5 nitrogen and oxygen atoms in total. The van der Waals surface area contributed by atoms with Crippen LogP contribution in [0.2, 0.25) is 0 Å². The first-order chi connectivity index (χ1) is 13.6. The predicted octanol–water partition coefficient (Wildman–Crippen LogP) is 4.14. The SMILES string of the molecule is CCOc1ccccc1N1CCN(CCC(=O)Nc2ccc(Br)cc2F)CC1. The van der Waals surface area contributed by atoms with Crippen LogP contribution in [0.4, 0.5) is 15.8 Å². The number of nitrogens with one attached hydrogen (secondary N) is 1. The van der Waals surface area contributed by atoms with Gasteiger partial charge in [-0.3, -0.25) is 9.69 Å². The van der Waals surface area contributed by atoms with Gasteiger partial charge in [0.2, 0.25) is 5.91 Å². The van der Waals surface area contributed by atoms with Crippen LogP contribution in [0.25, 0.3) is 0 Å².